The molecule has 1 aromatic heterocycles. The van der Waals surface area contributed by atoms with Crippen molar-refractivity contribution in [3.05, 3.63) is 71.4 Å². The molecule has 0 aliphatic heterocycles. The fourth-order valence-corrected chi connectivity index (χ4v) is 2.96. The first-order chi connectivity index (χ1) is 13.5. The number of methoxy groups -OCH3 is 1. The predicted molar refractivity (Wildman–Crippen MR) is 104 cm³/mol. The van der Waals surface area contributed by atoms with E-state index in [1.54, 1.807) is 37.4 Å². The SMILES string of the molecule is COc1ccc(-c2n[nH]c(C)c2CC(=O)NC(C(=O)O)c2ccccc2)cc1. The zero-order chi connectivity index (χ0) is 20.1. The molecular weight excluding hydrogens is 358 g/mol. The number of benzene rings is 2. The first-order valence-corrected chi connectivity index (χ1v) is 8.75. The van der Waals surface area contributed by atoms with Gasteiger partial charge in [0.1, 0.15) is 5.75 Å². The van der Waals surface area contributed by atoms with Gasteiger partial charge in [-0.1, -0.05) is 30.3 Å². The molecule has 0 saturated heterocycles. The third-order valence-corrected chi connectivity index (χ3v) is 4.46. The van der Waals surface area contributed by atoms with Gasteiger partial charge in [0.25, 0.3) is 0 Å². The van der Waals surface area contributed by atoms with Crippen molar-refractivity contribution in [1.29, 1.82) is 0 Å². The third kappa shape index (κ3) is 4.20. The molecule has 28 heavy (non-hydrogen) atoms. The minimum atomic E-state index is -1.11. The van der Waals surface area contributed by atoms with Crippen molar-refractivity contribution in [3.8, 4) is 17.0 Å². The van der Waals surface area contributed by atoms with Crippen LogP contribution in [0.2, 0.25) is 0 Å². The molecule has 1 amide bonds. The van der Waals surface area contributed by atoms with Crippen molar-refractivity contribution in [2.75, 3.05) is 7.11 Å². The molecule has 1 atom stereocenters. The first kappa shape index (κ1) is 19.2. The number of aromatic nitrogens is 2. The van der Waals surface area contributed by atoms with Gasteiger partial charge in [-0.25, -0.2) is 4.79 Å². The van der Waals surface area contributed by atoms with E-state index in [1.165, 1.54) is 0 Å². The van der Waals surface area contributed by atoms with Crippen LogP contribution in [0.3, 0.4) is 0 Å². The second kappa shape index (κ2) is 8.39. The van der Waals surface area contributed by atoms with Gasteiger partial charge in [0.05, 0.1) is 19.2 Å². The number of nitrogens with zero attached hydrogens (tertiary/aromatic N) is 1. The molecule has 0 bridgehead atoms. The van der Waals surface area contributed by atoms with Crippen LogP contribution < -0.4 is 10.1 Å². The van der Waals surface area contributed by atoms with Crippen LogP contribution in [0.4, 0.5) is 0 Å². The van der Waals surface area contributed by atoms with Gasteiger partial charge in [-0.2, -0.15) is 5.10 Å². The summed E-state index contributed by atoms with van der Waals surface area (Å²) in [5.74, 6) is -0.781. The zero-order valence-corrected chi connectivity index (χ0v) is 15.6. The quantitative estimate of drug-likeness (QED) is 0.586. The molecule has 0 radical (unpaired) electrons. The van der Waals surface area contributed by atoms with Crippen molar-refractivity contribution in [2.45, 2.75) is 19.4 Å². The van der Waals surface area contributed by atoms with Gasteiger partial charge in [-0.3, -0.25) is 9.89 Å². The predicted octanol–water partition coefficient (Wildman–Crippen LogP) is 2.88. The molecule has 1 unspecified atom stereocenters. The largest absolute Gasteiger partial charge is 0.497 e. The lowest BCUT2D eigenvalue weighted by Crippen LogP contribution is -2.34. The molecule has 0 fully saturated rings. The molecule has 2 aromatic carbocycles. The highest BCUT2D eigenvalue weighted by atomic mass is 16.5. The van der Waals surface area contributed by atoms with Crippen LogP contribution >= 0.6 is 0 Å². The average Bonchev–Trinajstić information content (AvgIpc) is 3.07. The number of amides is 1. The van der Waals surface area contributed by atoms with Gasteiger partial charge >= 0.3 is 5.97 Å². The number of carbonyl (C=O) groups is 2. The number of aryl methyl sites for hydroxylation is 1. The van der Waals surface area contributed by atoms with E-state index in [4.69, 9.17) is 4.74 Å². The fraction of sp³-hybridized carbons (Fsp3) is 0.190. The Kier molecular flexibility index (Phi) is 5.74. The maximum absolute atomic E-state index is 12.6. The lowest BCUT2D eigenvalue weighted by molar-refractivity contribution is -0.141. The molecule has 0 aliphatic rings. The summed E-state index contributed by atoms with van der Waals surface area (Å²) in [5.41, 5.74) is 3.49. The van der Waals surface area contributed by atoms with E-state index >= 15 is 0 Å². The van der Waals surface area contributed by atoms with Crippen LogP contribution in [0.25, 0.3) is 11.3 Å². The Morgan fingerprint density at radius 2 is 1.82 bits per heavy atom. The highest BCUT2D eigenvalue weighted by molar-refractivity contribution is 5.87. The van der Waals surface area contributed by atoms with Gasteiger partial charge in [-0.15, -0.1) is 0 Å². The fourth-order valence-electron chi connectivity index (χ4n) is 2.96. The van der Waals surface area contributed by atoms with Crippen molar-refractivity contribution in [2.24, 2.45) is 0 Å². The summed E-state index contributed by atoms with van der Waals surface area (Å²) in [4.78, 5) is 24.2. The molecule has 7 heteroatoms. The Morgan fingerprint density at radius 1 is 1.14 bits per heavy atom. The number of carbonyl (C=O) groups excluding carboxylic acids is 1. The summed E-state index contributed by atoms with van der Waals surface area (Å²) in [6.45, 7) is 1.83. The van der Waals surface area contributed by atoms with E-state index in [9.17, 15) is 14.7 Å². The summed E-state index contributed by atoms with van der Waals surface area (Å²) >= 11 is 0. The summed E-state index contributed by atoms with van der Waals surface area (Å²) in [6, 6.07) is 14.9. The minimum absolute atomic E-state index is 0.0142. The molecule has 0 saturated carbocycles. The zero-order valence-electron chi connectivity index (χ0n) is 15.6. The number of H-pyrrole nitrogens is 1. The highest BCUT2D eigenvalue weighted by Crippen LogP contribution is 2.26. The number of carboxylic acid groups (broad SMARTS) is 1. The number of aliphatic carboxylic acids is 1. The summed E-state index contributed by atoms with van der Waals surface area (Å²) in [7, 11) is 1.59. The van der Waals surface area contributed by atoms with E-state index in [1.807, 2.05) is 31.2 Å². The standard InChI is InChI=1S/C21H21N3O4/c1-13-17(19(24-23-13)15-8-10-16(28-2)11-9-15)12-18(25)22-20(21(26)27)14-6-4-3-5-7-14/h3-11,20H,12H2,1-2H3,(H,22,25)(H,23,24)(H,26,27). The van der Waals surface area contributed by atoms with Crippen molar-refractivity contribution < 1.29 is 19.4 Å². The number of nitrogens with one attached hydrogen (secondary N) is 2. The number of ether oxygens (including phenoxy) is 1. The number of aromatic amines is 1. The maximum Gasteiger partial charge on any atom is 0.330 e. The smallest absolute Gasteiger partial charge is 0.330 e. The number of hydrogen-bond donors (Lipinski definition) is 3. The normalized spacial score (nSPS) is 11.6. The van der Waals surface area contributed by atoms with E-state index in [-0.39, 0.29) is 6.42 Å². The second-order valence-electron chi connectivity index (χ2n) is 6.33. The number of hydrogen-bond acceptors (Lipinski definition) is 4. The molecule has 7 nitrogen and oxygen atoms in total. The molecule has 3 rings (SSSR count). The van der Waals surface area contributed by atoms with Crippen molar-refractivity contribution in [3.63, 3.8) is 0 Å². The van der Waals surface area contributed by atoms with Gasteiger partial charge in [0.15, 0.2) is 6.04 Å². The summed E-state index contributed by atoms with van der Waals surface area (Å²) in [5, 5.41) is 19.3. The number of rotatable bonds is 7. The van der Waals surface area contributed by atoms with Crippen LogP contribution in [-0.4, -0.2) is 34.3 Å². The van der Waals surface area contributed by atoms with Crippen LogP contribution in [0.1, 0.15) is 22.9 Å². The summed E-state index contributed by atoms with van der Waals surface area (Å²) < 4.78 is 5.17. The van der Waals surface area contributed by atoms with Gasteiger partial charge in [-0.05, 0) is 36.8 Å². The first-order valence-electron chi connectivity index (χ1n) is 8.75. The lowest BCUT2D eigenvalue weighted by Gasteiger charge is -2.15. The highest BCUT2D eigenvalue weighted by Gasteiger charge is 2.23. The monoisotopic (exact) mass is 379 g/mol. The van der Waals surface area contributed by atoms with E-state index in [0.29, 0.717) is 11.3 Å². The molecular formula is C21H21N3O4. The Morgan fingerprint density at radius 3 is 2.43 bits per heavy atom. The van der Waals surface area contributed by atoms with Crippen LogP contribution in [0.5, 0.6) is 5.75 Å². The van der Waals surface area contributed by atoms with E-state index in [2.05, 4.69) is 15.5 Å². The number of carboxylic acids is 1. The van der Waals surface area contributed by atoms with Crippen LogP contribution in [0.15, 0.2) is 54.6 Å². The van der Waals surface area contributed by atoms with E-state index < -0.39 is 17.9 Å². The maximum atomic E-state index is 12.6. The van der Waals surface area contributed by atoms with Crippen LogP contribution in [0, 0.1) is 6.92 Å². The lowest BCUT2D eigenvalue weighted by atomic mass is 10.0. The molecule has 3 aromatic rings. The Bertz CT molecular complexity index is 965. The minimum Gasteiger partial charge on any atom is -0.497 e. The van der Waals surface area contributed by atoms with E-state index in [0.717, 1.165) is 22.6 Å². The topological polar surface area (TPSA) is 104 Å². The van der Waals surface area contributed by atoms with Gasteiger partial charge in [0, 0.05) is 16.8 Å². The summed E-state index contributed by atoms with van der Waals surface area (Å²) in [6.07, 6.45) is 0.0142. The molecule has 1 heterocycles. The van der Waals surface area contributed by atoms with Crippen molar-refractivity contribution in [1.82, 2.24) is 15.5 Å². The van der Waals surface area contributed by atoms with Gasteiger partial charge < -0.3 is 15.2 Å². The average molecular weight is 379 g/mol. The van der Waals surface area contributed by atoms with Crippen LogP contribution in [-0.2, 0) is 16.0 Å². The molecule has 0 spiro atoms. The Labute approximate surface area is 162 Å². The molecule has 144 valence electrons. The molecule has 3 N–H and O–H groups in total. The Balaban J connectivity index is 1.80. The Hall–Kier alpha value is -3.61. The third-order valence-electron chi connectivity index (χ3n) is 4.46. The second-order valence-corrected chi connectivity index (χ2v) is 6.33. The van der Waals surface area contributed by atoms with Gasteiger partial charge in [0.2, 0.25) is 5.91 Å². The molecule has 0 aliphatic carbocycles. The van der Waals surface area contributed by atoms with Crippen molar-refractivity contribution >= 4 is 11.9 Å².